The van der Waals surface area contributed by atoms with Gasteiger partial charge in [-0.15, -0.1) is 0 Å². The average molecular weight is 442 g/mol. The van der Waals surface area contributed by atoms with Crippen LogP contribution in [0.5, 0.6) is 0 Å². The molecule has 0 bridgehead atoms. The summed E-state index contributed by atoms with van der Waals surface area (Å²) in [5.41, 5.74) is 1.76. The van der Waals surface area contributed by atoms with Crippen molar-refractivity contribution in [2.75, 3.05) is 12.8 Å². The molecule has 0 aromatic heterocycles. The zero-order valence-electron chi connectivity index (χ0n) is 18.7. The summed E-state index contributed by atoms with van der Waals surface area (Å²) in [4.78, 5) is 11.1. The number of carboxylic acids is 1. The normalized spacial score (nSPS) is 14.0. The highest BCUT2D eigenvalue weighted by Crippen LogP contribution is 2.21. The van der Waals surface area contributed by atoms with E-state index in [4.69, 9.17) is 5.11 Å². The molecule has 0 heterocycles. The van der Waals surface area contributed by atoms with E-state index in [1.54, 1.807) is 0 Å². The Kier molecular flexibility index (Phi) is 12.2. The Balaban J connectivity index is 2.55. The van der Waals surface area contributed by atoms with Crippen LogP contribution in [0.25, 0.3) is 0 Å². The van der Waals surface area contributed by atoms with Gasteiger partial charge in [-0.05, 0) is 36.8 Å². The van der Waals surface area contributed by atoms with Crippen molar-refractivity contribution in [2.45, 2.75) is 84.3 Å². The van der Waals surface area contributed by atoms with E-state index >= 15 is 0 Å². The molecule has 172 valence electrons. The van der Waals surface area contributed by atoms with Crippen LogP contribution >= 0.6 is 0 Å². The second-order valence-corrected chi connectivity index (χ2v) is 10.1. The van der Waals surface area contributed by atoms with Gasteiger partial charge in [0.25, 0.3) is 0 Å². The van der Waals surface area contributed by atoms with Crippen LogP contribution in [0, 0.1) is 5.92 Å². The van der Waals surface area contributed by atoms with Gasteiger partial charge >= 0.3 is 5.97 Å². The Labute approximate surface area is 182 Å². The number of unbranched alkanes of at least 4 members (excludes halogenated alkanes) is 4. The lowest BCUT2D eigenvalue weighted by molar-refractivity contribution is -0.142. The number of rotatable bonds is 16. The minimum atomic E-state index is -3.34. The Morgan fingerprint density at radius 2 is 1.63 bits per heavy atom. The van der Waals surface area contributed by atoms with E-state index in [1.807, 2.05) is 31.2 Å². The van der Waals surface area contributed by atoms with Crippen LogP contribution in [-0.2, 0) is 21.4 Å². The molecule has 2 unspecified atom stereocenters. The summed E-state index contributed by atoms with van der Waals surface area (Å²) in [7, 11) is -3.34. The predicted octanol–water partition coefficient (Wildman–Crippen LogP) is 4.73. The second kappa shape index (κ2) is 13.8. The topological polar surface area (TPSA) is 94.9 Å². The number of benzene rings is 1. The zero-order chi connectivity index (χ0) is 22.6. The van der Waals surface area contributed by atoms with Crippen LogP contribution in [0.4, 0.5) is 0 Å². The van der Waals surface area contributed by atoms with Crippen LogP contribution in [0.15, 0.2) is 24.3 Å². The third-order valence-electron chi connectivity index (χ3n) is 5.58. The highest BCUT2D eigenvalue weighted by molar-refractivity contribution is 7.88. The molecule has 0 aliphatic heterocycles. The molecule has 0 saturated carbocycles. The molecule has 0 aliphatic rings. The fourth-order valence-corrected chi connectivity index (χ4v) is 4.37. The molecular formula is C23H39NO5S. The summed E-state index contributed by atoms with van der Waals surface area (Å²) >= 11 is 0. The fourth-order valence-electron chi connectivity index (χ4n) is 3.52. The first-order valence-corrected chi connectivity index (χ1v) is 13.0. The lowest BCUT2D eigenvalue weighted by Gasteiger charge is -2.20. The maximum absolute atomic E-state index is 12.2. The Bertz CT molecular complexity index is 718. The summed E-state index contributed by atoms with van der Waals surface area (Å²) in [6, 6.07) is 7.52. The monoisotopic (exact) mass is 441 g/mol. The smallest absolute Gasteiger partial charge is 0.306 e. The van der Waals surface area contributed by atoms with Gasteiger partial charge in [-0.1, -0.05) is 70.2 Å². The first-order chi connectivity index (χ1) is 14.2. The number of carboxylic acid groups (broad SMARTS) is 1. The Morgan fingerprint density at radius 3 is 2.17 bits per heavy atom. The molecule has 0 spiro atoms. The highest BCUT2D eigenvalue weighted by Gasteiger charge is 2.18. The molecular weight excluding hydrogens is 402 g/mol. The molecule has 0 radical (unpaired) electrons. The number of hydrogen-bond donors (Lipinski definition) is 2. The van der Waals surface area contributed by atoms with Gasteiger partial charge in [0.2, 0.25) is 10.0 Å². The molecule has 2 atom stereocenters. The van der Waals surface area contributed by atoms with Gasteiger partial charge in [-0.25, -0.2) is 8.42 Å². The van der Waals surface area contributed by atoms with Crippen molar-refractivity contribution in [3.8, 4) is 0 Å². The van der Waals surface area contributed by atoms with E-state index in [-0.39, 0.29) is 5.92 Å². The number of nitrogens with zero attached hydrogens (tertiary/aromatic N) is 1. The van der Waals surface area contributed by atoms with Crippen molar-refractivity contribution in [3.63, 3.8) is 0 Å². The van der Waals surface area contributed by atoms with Crippen molar-refractivity contribution in [1.29, 1.82) is 0 Å². The molecule has 0 saturated heterocycles. The largest absolute Gasteiger partial charge is 0.481 e. The zero-order valence-corrected chi connectivity index (χ0v) is 19.5. The van der Waals surface area contributed by atoms with E-state index in [2.05, 4.69) is 6.92 Å². The minimum Gasteiger partial charge on any atom is -0.481 e. The number of carbonyl (C=O) groups is 1. The first-order valence-electron chi connectivity index (χ1n) is 11.1. The van der Waals surface area contributed by atoms with Gasteiger partial charge in [-0.3, -0.25) is 4.79 Å². The number of aliphatic carboxylic acids is 1. The van der Waals surface area contributed by atoms with Gasteiger partial charge in [-0.2, -0.15) is 4.31 Å². The van der Waals surface area contributed by atoms with Crippen LogP contribution in [-0.4, -0.2) is 41.7 Å². The van der Waals surface area contributed by atoms with Gasteiger partial charge in [0, 0.05) is 13.1 Å². The van der Waals surface area contributed by atoms with E-state index < -0.39 is 22.1 Å². The van der Waals surface area contributed by atoms with Crippen LogP contribution in [0.2, 0.25) is 0 Å². The predicted molar refractivity (Wildman–Crippen MR) is 121 cm³/mol. The molecule has 1 rings (SSSR count). The molecule has 30 heavy (non-hydrogen) atoms. The summed E-state index contributed by atoms with van der Waals surface area (Å²) in [6.07, 6.45) is 8.24. The lowest BCUT2D eigenvalue weighted by Crippen LogP contribution is -2.30. The average Bonchev–Trinajstić information content (AvgIpc) is 2.69. The summed E-state index contributed by atoms with van der Waals surface area (Å²) in [5, 5.41) is 19.4. The quantitative estimate of drug-likeness (QED) is 0.362. The number of aliphatic hydroxyl groups is 1. The van der Waals surface area contributed by atoms with Crippen molar-refractivity contribution < 1.29 is 23.4 Å². The number of hydrogen-bond acceptors (Lipinski definition) is 4. The van der Waals surface area contributed by atoms with Crippen LogP contribution in [0.3, 0.4) is 0 Å². The van der Waals surface area contributed by atoms with Gasteiger partial charge in [0.1, 0.15) is 0 Å². The standard InChI is InChI=1S/C23H39NO5S/c1-4-6-8-12-22(25)21-15-13-19(14-16-21)18-24(30(3,28)29)17-10-7-9-11-20(5-2)23(26)27/h13-16,20,22,25H,4-12,17-18H2,1-3H3,(H,26,27). The van der Waals surface area contributed by atoms with E-state index in [1.165, 1.54) is 10.6 Å². The van der Waals surface area contributed by atoms with Gasteiger partial charge in [0.15, 0.2) is 0 Å². The number of aliphatic hydroxyl groups excluding tert-OH is 1. The van der Waals surface area contributed by atoms with Crippen LogP contribution < -0.4 is 0 Å². The molecule has 0 amide bonds. The second-order valence-electron chi connectivity index (χ2n) is 8.14. The van der Waals surface area contributed by atoms with Gasteiger partial charge < -0.3 is 10.2 Å². The molecule has 7 heteroatoms. The van der Waals surface area contributed by atoms with Gasteiger partial charge in [0.05, 0.1) is 18.3 Å². The van der Waals surface area contributed by atoms with E-state index in [9.17, 15) is 18.3 Å². The summed E-state index contributed by atoms with van der Waals surface area (Å²) in [6.45, 7) is 4.73. The number of sulfonamides is 1. The lowest BCUT2D eigenvalue weighted by atomic mass is 9.99. The van der Waals surface area contributed by atoms with Crippen molar-refractivity contribution in [3.05, 3.63) is 35.4 Å². The molecule has 0 aliphatic carbocycles. The maximum Gasteiger partial charge on any atom is 0.306 e. The van der Waals surface area contributed by atoms with E-state index in [0.717, 1.165) is 49.7 Å². The Morgan fingerprint density at radius 1 is 1.00 bits per heavy atom. The fraction of sp³-hybridized carbons (Fsp3) is 0.696. The third-order valence-corrected chi connectivity index (χ3v) is 6.83. The van der Waals surface area contributed by atoms with E-state index in [0.29, 0.717) is 32.4 Å². The van der Waals surface area contributed by atoms with Crippen molar-refractivity contribution in [1.82, 2.24) is 4.31 Å². The summed E-state index contributed by atoms with van der Waals surface area (Å²) < 4.78 is 25.8. The van der Waals surface area contributed by atoms with Crippen molar-refractivity contribution in [2.24, 2.45) is 5.92 Å². The Hall–Kier alpha value is -1.44. The first kappa shape index (κ1) is 26.6. The SMILES string of the molecule is CCCCCC(O)c1ccc(CN(CCCCCC(CC)C(=O)O)S(C)(=O)=O)cc1. The molecule has 0 fully saturated rings. The van der Waals surface area contributed by atoms with Crippen LogP contribution in [0.1, 0.15) is 88.9 Å². The highest BCUT2D eigenvalue weighted by atomic mass is 32.2. The third kappa shape index (κ3) is 10.0. The molecule has 2 N–H and O–H groups in total. The van der Waals surface area contributed by atoms with Crippen molar-refractivity contribution >= 4 is 16.0 Å². The minimum absolute atomic E-state index is 0.303. The molecule has 1 aromatic rings. The summed E-state index contributed by atoms with van der Waals surface area (Å²) in [5.74, 6) is -1.07. The maximum atomic E-state index is 12.2. The molecule has 1 aromatic carbocycles. The molecule has 6 nitrogen and oxygen atoms in total.